The maximum atomic E-state index is 13.0. The maximum absolute atomic E-state index is 13.0. The van der Waals surface area contributed by atoms with Crippen molar-refractivity contribution in [2.24, 2.45) is 0 Å². The van der Waals surface area contributed by atoms with E-state index in [1.54, 1.807) is 36.4 Å². The number of amides is 2. The minimum Gasteiger partial charge on any atom is -0.508 e. The Morgan fingerprint density at radius 1 is 0.950 bits per heavy atom. The number of aromatic nitrogens is 1. The second-order valence-corrected chi connectivity index (χ2v) is 9.55. The molecule has 204 valence electrons. The lowest BCUT2D eigenvalue weighted by Crippen LogP contribution is -2.42. The minimum atomic E-state index is -1.68. The van der Waals surface area contributed by atoms with Gasteiger partial charge in [0.15, 0.2) is 12.1 Å². The van der Waals surface area contributed by atoms with Gasteiger partial charge in [0.1, 0.15) is 17.5 Å². The Bertz CT molecular complexity index is 1640. The number of carboxylic acids is 1. The van der Waals surface area contributed by atoms with Crippen molar-refractivity contribution < 1.29 is 34.2 Å². The third kappa shape index (κ3) is 6.14. The molecular formula is C28H21Cl2N3O7. The zero-order chi connectivity index (χ0) is 29.0. The van der Waals surface area contributed by atoms with E-state index in [2.05, 4.69) is 15.6 Å². The van der Waals surface area contributed by atoms with Gasteiger partial charge in [0.25, 0.3) is 11.8 Å². The van der Waals surface area contributed by atoms with Crippen molar-refractivity contribution in [2.45, 2.75) is 19.0 Å². The summed E-state index contributed by atoms with van der Waals surface area (Å²) < 4.78 is 0. The molecule has 2 amide bonds. The van der Waals surface area contributed by atoms with Gasteiger partial charge in [-0.25, -0.2) is 4.79 Å². The van der Waals surface area contributed by atoms with Crippen LogP contribution in [0.2, 0.25) is 10.0 Å². The molecule has 0 saturated heterocycles. The SMILES string of the molecule is O=Cc1c(C(=O)N[C@@H](CC(=O)c2c(Cl)cc(C(=O)NCc3cccc(O)c3)cc2Cl)C(=O)O)[nH]c2ccccc12. The van der Waals surface area contributed by atoms with Gasteiger partial charge >= 0.3 is 5.97 Å². The highest BCUT2D eigenvalue weighted by Crippen LogP contribution is 2.29. The number of rotatable bonds is 10. The van der Waals surface area contributed by atoms with Crippen LogP contribution in [0.15, 0.2) is 60.7 Å². The Morgan fingerprint density at radius 3 is 2.30 bits per heavy atom. The number of H-pyrrole nitrogens is 1. The Kier molecular flexibility index (Phi) is 8.52. The number of aldehydes is 1. The number of ketones is 1. The van der Waals surface area contributed by atoms with Crippen molar-refractivity contribution in [2.75, 3.05) is 0 Å². The Hall–Kier alpha value is -4.67. The fourth-order valence-electron chi connectivity index (χ4n) is 4.10. The number of para-hydroxylation sites is 1. The number of aromatic amines is 1. The molecular weight excluding hydrogens is 561 g/mol. The topological polar surface area (TPSA) is 166 Å². The van der Waals surface area contributed by atoms with E-state index in [4.69, 9.17) is 23.2 Å². The normalized spacial score (nSPS) is 11.6. The summed E-state index contributed by atoms with van der Waals surface area (Å²) in [5.74, 6) is -3.69. The Balaban J connectivity index is 1.49. The quantitative estimate of drug-likeness (QED) is 0.137. The number of nitrogens with one attached hydrogen (secondary N) is 3. The van der Waals surface area contributed by atoms with E-state index < -0.39 is 36.0 Å². The van der Waals surface area contributed by atoms with Crippen molar-refractivity contribution >= 4 is 64.0 Å². The summed E-state index contributed by atoms with van der Waals surface area (Å²) >= 11 is 12.5. The van der Waals surface area contributed by atoms with E-state index in [9.17, 15) is 34.2 Å². The number of Topliss-reactive ketones (excluding diaryl/α,β-unsaturated/α-hetero) is 1. The monoisotopic (exact) mass is 581 g/mol. The highest BCUT2D eigenvalue weighted by atomic mass is 35.5. The molecule has 1 atom stereocenters. The number of hydrogen-bond acceptors (Lipinski definition) is 6. The first-order valence-electron chi connectivity index (χ1n) is 11.8. The summed E-state index contributed by atoms with van der Waals surface area (Å²) in [6.45, 7) is 0.103. The molecule has 0 bridgehead atoms. The van der Waals surface area contributed by atoms with Crippen LogP contribution in [0.1, 0.15) is 53.5 Å². The fourth-order valence-corrected chi connectivity index (χ4v) is 4.80. The maximum Gasteiger partial charge on any atom is 0.326 e. The summed E-state index contributed by atoms with van der Waals surface area (Å²) in [4.78, 5) is 64.8. The number of carbonyl (C=O) groups excluding carboxylic acids is 4. The van der Waals surface area contributed by atoms with Crippen LogP contribution >= 0.6 is 23.2 Å². The lowest BCUT2D eigenvalue weighted by Gasteiger charge is -2.15. The van der Waals surface area contributed by atoms with Gasteiger partial charge < -0.3 is 25.8 Å². The third-order valence-corrected chi connectivity index (χ3v) is 6.63. The lowest BCUT2D eigenvalue weighted by atomic mass is 10.0. The number of fused-ring (bicyclic) bond motifs is 1. The molecule has 5 N–H and O–H groups in total. The molecule has 1 heterocycles. The molecule has 4 aromatic rings. The van der Waals surface area contributed by atoms with Crippen LogP contribution in [0.3, 0.4) is 0 Å². The summed E-state index contributed by atoms with van der Waals surface area (Å²) in [5.41, 5.74) is 0.885. The van der Waals surface area contributed by atoms with Gasteiger partial charge in [-0.1, -0.05) is 53.5 Å². The van der Waals surface area contributed by atoms with Gasteiger partial charge in [-0.15, -0.1) is 0 Å². The van der Waals surface area contributed by atoms with E-state index >= 15 is 0 Å². The van der Waals surface area contributed by atoms with Crippen LogP contribution in [0, 0.1) is 0 Å². The summed E-state index contributed by atoms with van der Waals surface area (Å²) in [6.07, 6.45) is -0.226. The molecule has 0 aliphatic carbocycles. The van der Waals surface area contributed by atoms with Gasteiger partial charge in [-0.2, -0.15) is 0 Å². The fraction of sp³-hybridized carbons (Fsp3) is 0.107. The summed E-state index contributed by atoms with van der Waals surface area (Å²) in [5, 5.41) is 24.2. The van der Waals surface area contributed by atoms with Crippen LogP contribution in [0.25, 0.3) is 10.9 Å². The van der Waals surface area contributed by atoms with Crippen LogP contribution in [0.5, 0.6) is 5.75 Å². The Labute approximate surface area is 236 Å². The van der Waals surface area contributed by atoms with Crippen LogP contribution in [-0.4, -0.2) is 51.1 Å². The second-order valence-electron chi connectivity index (χ2n) is 8.74. The van der Waals surface area contributed by atoms with Gasteiger partial charge in [-0.05, 0) is 35.9 Å². The van der Waals surface area contributed by atoms with E-state index in [1.165, 1.54) is 24.3 Å². The van der Waals surface area contributed by atoms with E-state index in [1.807, 2.05) is 0 Å². The van der Waals surface area contributed by atoms with Crippen molar-refractivity contribution in [1.29, 1.82) is 0 Å². The number of aromatic hydroxyl groups is 1. The zero-order valence-corrected chi connectivity index (χ0v) is 22.0. The molecule has 4 rings (SSSR count). The van der Waals surface area contributed by atoms with Crippen LogP contribution in [0.4, 0.5) is 0 Å². The predicted molar refractivity (Wildman–Crippen MR) is 147 cm³/mol. The molecule has 40 heavy (non-hydrogen) atoms. The van der Waals surface area contributed by atoms with Crippen LogP contribution < -0.4 is 10.6 Å². The van der Waals surface area contributed by atoms with Gasteiger partial charge in [0.2, 0.25) is 0 Å². The number of carboxylic acid groups (broad SMARTS) is 1. The van der Waals surface area contributed by atoms with Crippen molar-refractivity contribution in [3.8, 4) is 5.75 Å². The largest absolute Gasteiger partial charge is 0.508 e. The van der Waals surface area contributed by atoms with Gasteiger partial charge in [0.05, 0.1) is 21.2 Å². The number of phenolic OH excluding ortho intramolecular Hbond substituents is 1. The number of carbonyl (C=O) groups is 5. The zero-order valence-electron chi connectivity index (χ0n) is 20.5. The highest BCUT2D eigenvalue weighted by Gasteiger charge is 2.29. The molecule has 0 aliphatic heterocycles. The standard InChI is InChI=1S/C28H21Cl2N3O7/c29-19-9-15(26(37)31-12-14-4-3-5-16(35)8-14)10-20(30)24(19)23(36)11-22(28(39)40)33-27(38)25-18(13-34)17-6-1-2-7-21(17)32-25/h1-10,13,22,32,35H,11-12H2,(H,31,37)(H,33,38)(H,39,40)/t22-/m0/s1. The van der Waals surface area contributed by atoms with E-state index in [0.29, 0.717) is 22.8 Å². The van der Waals surface area contributed by atoms with Crippen molar-refractivity contribution in [3.63, 3.8) is 0 Å². The number of benzene rings is 3. The Morgan fingerprint density at radius 2 is 1.65 bits per heavy atom. The second kappa shape index (κ2) is 12.0. The number of hydrogen-bond donors (Lipinski definition) is 5. The first kappa shape index (κ1) is 28.3. The molecule has 3 aromatic carbocycles. The number of phenols is 1. The molecule has 12 heteroatoms. The third-order valence-electron chi connectivity index (χ3n) is 6.03. The molecule has 0 saturated carbocycles. The van der Waals surface area contributed by atoms with Gasteiger partial charge in [-0.3, -0.25) is 19.2 Å². The average molecular weight is 582 g/mol. The lowest BCUT2D eigenvalue weighted by molar-refractivity contribution is -0.139. The first-order valence-corrected chi connectivity index (χ1v) is 12.5. The molecule has 1 aromatic heterocycles. The minimum absolute atomic E-state index is 0.0436. The average Bonchev–Trinajstić information content (AvgIpc) is 3.29. The molecule has 0 unspecified atom stereocenters. The molecule has 10 nitrogen and oxygen atoms in total. The van der Waals surface area contributed by atoms with Crippen LogP contribution in [-0.2, 0) is 11.3 Å². The van der Waals surface area contributed by atoms with E-state index in [0.717, 1.165) is 0 Å². The van der Waals surface area contributed by atoms with Gasteiger partial charge in [0, 0.05) is 29.4 Å². The molecule has 0 aliphatic rings. The van der Waals surface area contributed by atoms with Crippen molar-refractivity contribution in [1.82, 2.24) is 15.6 Å². The summed E-state index contributed by atoms with van der Waals surface area (Å²) in [6, 6.07) is 13.7. The first-order chi connectivity index (χ1) is 19.1. The summed E-state index contributed by atoms with van der Waals surface area (Å²) in [7, 11) is 0. The van der Waals surface area contributed by atoms with Crippen molar-refractivity contribution in [3.05, 3.63) is 98.7 Å². The smallest absolute Gasteiger partial charge is 0.326 e. The number of halogens is 2. The van der Waals surface area contributed by atoms with E-state index in [-0.39, 0.29) is 44.7 Å². The molecule has 0 radical (unpaired) electrons. The molecule has 0 spiro atoms. The number of aliphatic carboxylic acids is 1. The molecule has 0 fully saturated rings. The predicted octanol–water partition coefficient (Wildman–Crippen LogP) is 4.38. The highest BCUT2D eigenvalue weighted by molar-refractivity contribution is 6.40.